The summed E-state index contributed by atoms with van der Waals surface area (Å²) in [5.74, 6) is -0.620. The summed E-state index contributed by atoms with van der Waals surface area (Å²) in [5, 5.41) is 0. The van der Waals surface area contributed by atoms with E-state index in [2.05, 4.69) is 6.92 Å². The van der Waals surface area contributed by atoms with Crippen molar-refractivity contribution in [3.05, 3.63) is 0 Å². The molecule has 0 aromatic rings. The van der Waals surface area contributed by atoms with E-state index in [-0.39, 0.29) is 17.8 Å². The highest BCUT2D eigenvalue weighted by Gasteiger charge is 2.69. The molecule has 4 saturated heterocycles. The zero-order valence-corrected chi connectivity index (χ0v) is 14.7. The quantitative estimate of drug-likeness (QED) is 0.696. The van der Waals surface area contributed by atoms with E-state index in [0.717, 1.165) is 19.3 Å². The van der Waals surface area contributed by atoms with Crippen LogP contribution in [0.5, 0.6) is 0 Å². The van der Waals surface area contributed by atoms with Crippen LogP contribution in [0.4, 0.5) is 13.2 Å². The smallest absolute Gasteiger partial charge is 0.343 e. The molecule has 5 fully saturated rings. The van der Waals surface area contributed by atoms with Crippen molar-refractivity contribution in [1.82, 2.24) is 0 Å². The van der Waals surface area contributed by atoms with Gasteiger partial charge < -0.3 is 14.2 Å². The topological polar surface area (TPSA) is 46.2 Å². The van der Waals surface area contributed by atoms with Crippen molar-refractivity contribution in [2.24, 2.45) is 23.7 Å². The SMILES string of the molecule is C[C@H]1[C@@H](OCC(F)(F)F)O[C@@H]2O[C@]3(C)CC[C@H]4[C@H](C)CC[C@@H]1[C@@]24OO3. The zero-order chi connectivity index (χ0) is 18.0. The number of halogens is 3. The van der Waals surface area contributed by atoms with Gasteiger partial charge in [0.25, 0.3) is 0 Å². The van der Waals surface area contributed by atoms with Gasteiger partial charge in [-0.2, -0.15) is 13.2 Å². The maximum atomic E-state index is 12.6. The lowest BCUT2D eigenvalue weighted by Gasteiger charge is -2.60. The van der Waals surface area contributed by atoms with Crippen LogP contribution in [0.25, 0.3) is 0 Å². The third-order valence-electron chi connectivity index (χ3n) is 6.51. The minimum atomic E-state index is -4.39. The van der Waals surface area contributed by atoms with E-state index in [0.29, 0.717) is 12.3 Å². The normalized spacial score (nSPS) is 52.6. The first-order chi connectivity index (χ1) is 11.6. The summed E-state index contributed by atoms with van der Waals surface area (Å²) in [4.78, 5) is 11.6. The molecule has 5 nitrogen and oxygen atoms in total. The molecule has 8 atom stereocenters. The van der Waals surface area contributed by atoms with Crippen molar-refractivity contribution in [3.8, 4) is 0 Å². The minimum absolute atomic E-state index is 0.0340. The molecule has 0 radical (unpaired) electrons. The van der Waals surface area contributed by atoms with Crippen molar-refractivity contribution in [3.63, 3.8) is 0 Å². The molecule has 5 aliphatic rings. The second-order valence-corrected chi connectivity index (χ2v) is 8.20. The van der Waals surface area contributed by atoms with Crippen LogP contribution >= 0.6 is 0 Å². The van der Waals surface area contributed by atoms with Gasteiger partial charge in [-0.3, -0.25) is 0 Å². The molecule has 0 aromatic carbocycles. The van der Waals surface area contributed by atoms with Crippen LogP contribution in [0.3, 0.4) is 0 Å². The molecule has 25 heavy (non-hydrogen) atoms. The highest BCUT2D eigenvalue weighted by molar-refractivity contribution is 5.09. The van der Waals surface area contributed by atoms with Gasteiger partial charge in [0.15, 0.2) is 18.2 Å². The van der Waals surface area contributed by atoms with Crippen LogP contribution in [0.15, 0.2) is 0 Å². The van der Waals surface area contributed by atoms with Crippen molar-refractivity contribution in [2.45, 2.75) is 76.6 Å². The van der Waals surface area contributed by atoms with Crippen molar-refractivity contribution >= 4 is 0 Å². The number of hydrogen-bond donors (Lipinski definition) is 0. The summed E-state index contributed by atoms with van der Waals surface area (Å²) in [6.45, 7) is 4.51. The number of rotatable bonds is 2. The van der Waals surface area contributed by atoms with Gasteiger partial charge in [0.2, 0.25) is 5.79 Å². The summed E-state index contributed by atoms with van der Waals surface area (Å²) < 4.78 is 54.8. The third-order valence-corrected chi connectivity index (χ3v) is 6.51. The van der Waals surface area contributed by atoms with E-state index in [1.165, 1.54) is 0 Å². The molecule has 1 saturated carbocycles. The lowest BCUT2D eigenvalue weighted by Crippen LogP contribution is -2.70. The molecule has 0 amide bonds. The van der Waals surface area contributed by atoms with Gasteiger partial charge in [-0.1, -0.05) is 13.8 Å². The Labute approximate surface area is 145 Å². The summed E-state index contributed by atoms with van der Waals surface area (Å²) >= 11 is 0. The van der Waals surface area contributed by atoms with Crippen molar-refractivity contribution in [2.75, 3.05) is 6.61 Å². The Bertz CT molecular complexity index is 529. The van der Waals surface area contributed by atoms with Crippen molar-refractivity contribution in [1.29, 1.82) is 0 Å². The second-order valence-electron chi connectivity index (χ2n) is 8.20. The van der Waals surface area contributed by atoms with Crippen LogP contribution in [0.1, 0.15) is 46.5 Å². The molecule has 8 heteroatoms. The summed E-state index contributed by atoms with van der Waals surface area (Å²) in [5.41, 5.74) is -0.773. The Morgan fingerprint density at radius 1 is 1.08 bits per heavy atom. The molecule has 1 aliphatic carbocycles. The average Bonchev–Trinajstić information content (AvgIpc) is 2.75. The summed E-state index contributed by atoms with van der Waals surface area (Å²) in [7, 11) is 0. The first-order valence-electron chi connectivity index (χ1n) is 9.03. The molecule has 4 aliphatic heterocycles. The standard InChI is InChI=1S/C17H25F3O5/c1-9-4-5-12-10(2)13(21-8-16(18,19)20)22-14-17(12)11(9)6-7-15(3,23-14)24-25-17/h9-14H,4-8H2,1-3H3/t9-,10-,11+,12+,13+,14-,15+,17-/m1/s1. The van der Waals surface area contributed by atoms with Gasteiger partial charge in [-0.05, 0) is 38.0 Å². The average molecular weight is 366 g/mol. The fourth-order valence-corrected chi connectivity index (χ4v) is 5.24. The molecule has 1 spiro atoms. The lowest BCUT2D eigenvalue weighted by atomic mass is 9.58. The largest absolute Gasteiger partial charge is 0.411 e. The monoisotopic (exact) mass is 366 g/mol. The van der Waals surface area contributed by atoms with Gasteiger partial charge in [-0.25, -0.2) is 9.78 Å². The predicted molar refractivity (Wildman–Crippen MR) is 78.8 cm³/mol. The molecule has 0 unspecified atom stereocenters. The van der Waals surface area contributed by atoms with Gasteiger partial charge in [-0.15, -0.1) is 0 Å². The highest BCUT2D eigenvalue weighted by Crippen LogP contribution is 2.60. The molecular formula is C17H25F3O5. The van der Waals surface area contributed by atoms with Crippen LogP contribution in [0, 0.1) is 23.7 Å². The Kier molecular flexibility index (Phi) is 4.16. The first-order valence-corrected chi connectivity index (χ1v) is 9.03. The van der Waals surface area contributed by atoms with E-state index in [1.54, 1.807) is 6.92 Å². The maximum Gasteiger partial charge on any atom is 0.411 e. The first kappa shape index (κ1) is 18.0. The molecule has 0 N–H and O–H groups in total. The fraction of sp³-hybridized carbons (Fsp3) is 1.00. The van der Waals surface area contributed by atoms with E-state index >= 15 is 0 Å². The summed E-state index contributed by atoms with van der Waals surface area (Å²) in [6, 6.07) is 0. The number of alkyl halides is 3. The maximum absolute atomic E-state index is 12.6. The number of fused-ring (bicyclic) bond motifs is 2. The second kappa shape index (κ2) is 5.79. The van der Waals surface area contributed by atoms with Gasteiger partial charge >= 0.3 is 6.18 Å². The van der Waals surface area contributed by atoms with Crippen LogP contribution in [-0.4, -0.2) is 36.8 Å². The highest BCUT2D eigenvalue weighted by atomic mass is 19.4. The number of hydrogen-bond acceptors (Lipinski definition) is 5. The lowest BCUT2D eigenvalue weighted by molar-refractivity contribution is -0.578. The van der Waals surface area contributed by atoms with Crippen LogP contribution in [-0.2, 0) is 24.0 Å². The van der Waals surface area contributed by atoms with Gasteiger partial charge in [0.05, 0.1) is 0 Å². The molecular weight excluding hydrogens is 341 g/mol. The van der Waals surface area contributed by atoms with E-state index < -0.39 is 36.8 Å². The van der Waals surface area contributed by atoms with Gasteiger partial charge in [0.1, 0.15) is 6.61 Å². The predicted octanol–water partition coefficient (Wildman–Crippen LogP) is 3.77. The Hall–Kier alpha value is -0.410. The van der Waals surface area contributed by atoms with Gasteiger partial charge in [0, 0.05) is 18.3 Å². The third kappa shape index (κ3) is 2.81. The van der Waals surface area contributed by atoms with E-state index in [1.807, 2.05) is 6.92 Å². The Morgan fingerprint density at radius 3 is 2.56 bits per heavy atom. The molecule has 4 heterocycles. The van der Waals surface area contributed by atoms with Crippen LogP contribution in [0.2, 0.25) is 0 Å². The molecule has 0 aromatic heterocycles. The van der Waals surface area contributed by atoms with Crippen molar-refractivity contribution < 1.29 is 37.2 Å². The van der Waals surface area contributed by atoms with E-state index in [4.69, 9.17) is 24.0 Å². The number of ether oxygens (including phenoxy) is 3. The van der Waals surface area contributed by atoms with Crippen LogP contribution < -0.4 is 0 Å². The molecule has 2 bridgehead atoms. The Morgan fingerprint density at radius 2 is 1.84 bits per heavy atom. The molecule has 5 rings (SSSR count). The fourth-order valence-electron chi connectivity index (χ4n) is 5.24. The molecule has 144 valence electrons. The minimum Gasteiger partial charge on any atom is -0.343 e. The Balaban J connectivity index is 1.65. The van der Waals surface area contributed by atoms with E-state index in [9.17, 15) is 13.2 Å². The zero-order valence-electron chi connectivity index (χ0n) is 14.7. The summed E-state index contributed by atoms with van der Waals surface area (Å²) in [6.07, 6.45) is -2.76.